The van der Waals surface area contributed by atoms with E-state index in [1.54, 1.807) is 4.90 Å². The maximum atomic E-state index is 13.2. The van der Waals surface area contributed by atoms with E-state index in [0.29, 0.717) is 18.8 Å². The molecule has 1 fully saturated rings. The zero-order chi connectivity index (χ0) is 17.4. The van der Waals surface area contributed by atoms with Crippen molar-refractivity contribution in [2.24, 2.45) is 0 Å². The van der Waals surface area contributed by atoms with Crippen molar-refractivity contribution in [1.82, 2.24) is 19.6 Å². The first kappa shape index (κ1) is 15.4. The van der Waals surface area contributed by atoms with Crippen LogP contribution in [-0.4, -0.2) is 39.2 Å². The van der Waals surface area contributed by atoms with Gasteiger partial charge in [0.05, 0.1) is 5.52 Å². The Morgan fingerprint density at radius 2 is 1.92 bits per heavy atom. The fraction of sp³-hybridized carbons (Fsp3) is 0.211. The third-order valence-corrected chi connectivity index (χ3v) is 4.52. The summed E-state index contributed by atoms with van der Waals surface area (Å²) in [7, 11) is 0. The van der Waals surface area contributed by atoms with Gasteiger partial charge in [-0.2, -0.15) is 0 Å². The van der Waals surface area contributed by atoms with Gasteiger partial charge in [-0.25, -0.2) is 4.98 Å². The number of benzene rings is 1. The first-order valence-corrected chi connectivity index (χ1v) is 8.24. The SMILES string of the molecule is Cc1nc(C(=O)N2CCNC(=O)C2c2ccccc2)c2ccccn12. The second-order valence-corrected chi connectivity index (χ2v) is 6.07. The van der Waals surface area contributed by atoms with Gasteiger partial charge in [0.2, 0.25) is 5.91 Å². The molecule has 6 heteroatoms. The molecule has 6 nitrogen and oxygen atoms in total. The molecule has 3 aromatic rings. The van der Waals surface area contributed by atoms with Gasteiger partial charge in [0.1, 0.15) is 11.9 Å². The molecule has 1 aromatic carbocycles. The summed E-state index contributed by atoms with van der Waals surface area (Å²) in [5.74, 6) is 0.364. The van der Waals surface area contributed by atoms with Gasteiger partial charge in [0, 0.05) is 19.3 Å². The van der Waals surface area contributed by atoms with Crippen LogP contribution < -0.4 is 5.32 Å². The lowest BCUT2D eigenvalue weighted by molar-refractivity contribution is -0.128. The Morgan fingerprint density at radius 1 is 1.16 bits per heavy atom. The molecule has 4 rings (SSSR count). The summed E-state index contributed by atoms with van der Waals surface area (Å²) in [6, 6.07) is 14.4. The summed E-state index contributed by atoms with van der Waals surface area (Å²) in [5.41, 5.74) is 1.94. The number of rotatable bonds is 2. The Labute approximate surface area is 145 Å². The number of nitrogens with zero attached hydrogens (tertiary/aromatic N) is 3. The Hall–Kier alpha value is -3.15. The van der Waals surface area contributed by atoms with Gasteiger partial charge in [0.15, 0.2) is 5.69 Å². The van der Waals surface area contributed by atoms with E-state index in [0.717, 1.165) is 16.9 Å². The van der Waals surface area contributed by atoms with Crippen molar-refractivity contribution >= 4 is 17.3 Å². The van der Waals surface area contributed by atoms with Gasteiger partial charge in [-0.05, 0) is 24.6 Å². The monoisotopic (exact) mass is 334 g/mol. The van der Waals surface area contributed by atoms with Crippen LogP contribution in [0.4, 0.5) is 0 Å². The number of aromatic nitrogens is 2. The number of carbonyl (C=O) groups is 2. The first-order chi connectivity index (χ1) is 12.2. The zero-order valence-corrected chi connectivity index (χ0v) is 13.8. The number of piperazine rings is 1. The Kier molecular flexibility index (Phi) is 3.72. The second kappa shape index (κ2) is 6.05. The molecule has 2 aromatic heterocycles. The van der Waals surface area contributed by atoms with Crippen molar-refractivity contribution < 1.29 is 9.59 Å². The number of nitrogens with one attached hydrogen (secondary N) is 1. The fourth-order valence-corrected chi connectivity index (χ4v) is 3.34. The van der Waals surface area contributed by atoms with E-state index in [4.69, 9.17) is 0 Å². The standard InChI is InChI=1S/C19H18N4O2/c1-13-21-16(15-9-5-6-11-22(13)15)19(25)23-12-10-20-18(24)17(23)14-7-3-2-4-8-14/h2-9,11,17H,10,12H2,1H3,(H,20,24). The van der Waals surface area contributed by atoms with Crippen molar-refractivity contribution in [3.63, 3.8) is 0 Å². The Bertz CT molecular complexity index is 948. The molecule has 1 aliphatic heterocycles. The van der Waals surface area contributed by atoms with Crippen LogP contribution in [0.1, 0.15) is 27.9 Å². The van der Waals surface area contributed by atoms with E-state index in [2.05, 4.69) is 10.3 Å². The summed E-state index contributed by atoms with van der Waals surface area (Å²) in [4.78, 5) is 31.8. The molecule has 0 radical (unpaired) electrons. The average Bonchev–Trinajstić information content (AvgIpc) is 2.99. The van der Waals surface area contributed by atoms with E-state index in [1.807, 2.05) is 66.1 Å². The molecule has 126 valence electrons. The molecular weight excluding hydrogens is 316 g/mol. The summed E-state index contributed by atoms with van der Waals surface area (Å²) in [6.45, 7) is 2.76. The molecule has 1 saturated heterocycles. The second-order valence-electron chi connectivity index (χ2n) is 6.07. The fourth-order valence-electron chi connectivity index (χ4n) is 3.34. The summed E-state index contributed by atoms with van der Waals surface area (Å²) in [6.07, 6.45) is 1.88. The lowest BCUT2D eigenvalue weighted by atomic mass is 10.0. The highest BCUT2D eigenvalue weighted by Gasteiger charge is 2.36. The van der Waals surface area contributed by atoms with E-state index < -0.39 is 6.04 Å². The molecule has 1 N–H and O–H groups in total. The predicted molar refractivity (Wildman–Crippen MR) is 93.2 cm³/mol. The first-order valence-electron chi connectivity index (χ1n) is 8.24. The van der Waals surface area contributed by atoms with Crippen LogP contribution in [0.25, 0.3) is 5.52 Å². The van der Waals surface area contributed by atoms with E-state index in [9.17, 15) is 9.59 Å². The molecule has 0 saturated carbocycles. The third kappa shape index (κ3) is 2.55. The normalized spacial score (nSPS) is 17.6. The number of hydrogen-bond acceptors (Lipinski definition) is 3. The molecule has 0 aliphatic carbocycles. The molecule has 0 bridgehead atoms. The number of amides is 2. The summed E-state index contributed by atoms with van der Waals surface area (Å²) >= 11 is 0. The van der Waals surface area contributed by atoms with E-state index in [-0.39, 0.29) is 11.8 Å². The number of hydrogen-bond donors (Lipinski definition) is 1. The minimum Gasteiger partial charge on any atom is -0.352 e. The molecule has 3 heterocycles. The lowest BCUT2D eigenvalue weighted by Gasteiger charge is -2.35. The quantitative estimate of drug-likeness (QED) is 0.779. The van der Waals surface area contributed by atoms with Gasteiger partial charge in [-0.3, -0.25) is 9.59 Å². The van der Waals surface area contributed by atoms with Crippen LogP contribution in [0, 0.1) is 6.92 Å². The Morgan fingerprint density at radius 3 is 2.72 bits per heavy atom. The zero-order valence-electron chi connectivity index (χ0n) is 13.8. The van der Waals surface area contributed by atoms with E-state index >= 15 is 0 Å². The molecular formula is C19H18N4O2. The maximum Gasteiger partial charge on any atom is 0.275 e. The maximum absolute atomic E-state index is 13.2. The lowest BCUT2D eigenvalue weighted by Crippen LogP contribution is -2.52. The van der Waals surface area contributed by atoms with Gasteiger partial charge in [0.25, 0.3) is 5.91 Å². The van der Waals surface area contributed by atoms with Crippen molar-refractivity contribution in [1.29, 1.82) is 0 Å². The number of carbonyl (C=O) groups excluding carboxylic acids is 2. The number of fused-ring (bicyclic) bond motifs is 1. The van der Waals surface area contributed by atoms with Crippen LogP contribution in [-0.2, 0) is 4.79 Å². The number of aryl methyl sites for hydroxylation is 1. The molecule has 25 heavy (non-hydrogen) atoms. The van der Waals surface area contributed by atoms with Gasteiger partial charge >= 0.3 is 0 Å². The van der Waals surface area contributed by atoms with Crippen molar-refractivity contribution in [2.75, 3.05) is 13.1 Å². The topological polar surface area (TPSA) is 66.7 Å². The molecule has 0 spiro atoms. The van der Waals surface area contributed by atoms with Gasteiger partial charge in [-0.1, -0.05) is 36.4 Å². The van der Waals surface area contributed by atoms with Gasteiger partial charge in [-0.15, -0.1) is 0 Å². The van der Waals surface area contributed by atoms with Gasteiger partial charge < -0.3 is 14.6 Å². The third-order valence-electron chi connectivity index (χ3n) is 4.52. The van der Waals surface area contributed by atoms with Crippen LogP contribution in [0.2, 0.25) is 0 Å². The van der Waals surface area contributed by atoms with Crippen LogP contribution in [0.15, 0.2) is 54.7 Å². The minimum atomic E-state index is -0.636. The van der Waals surface area contributed by atoms with Crippen molar-refractivity contribution in [3.05, 3.63) is 71.8 Å². The molecule has 1 aliphatic rings. The van der Waals surface area contributed by atoms with E-state index in [1.165, 1.54) is 0 Å². The number of imidazole rings is 1. The highest BCUT2D eigenvalue weighted by molar-refractivity contribution is 6.02. The largest absolute Gasteiger partial charge is 0.352 e. The number of pyridine rings is 1. The van der Waals surface area contributed by atoms with Crippen molar-refractivity contribution in [3.8, 4) is 0 Å². The minimum absolute atomic E-state index is 0.161. The Balaban J connectivity index is 1.78. The summed E-state index contributed by atoms with van der Waals surface area (Å²) < 4.78 is 1.88. The highest BCUT2D eigenvalue weighted by atomic mass is 16.2. The predicted octanol–water partition coefficient (Wildman–Crippen LogP) is 1.96. The van der Waals surface area contributed by atoms with Crippen LogP contribution in [0.3, 0.4) is 0 Å². The summed E-state index contributed by atoms with van der Waals surface area (Å²) in [5, 5.41) is 2.85. The van der Waals surface area contributed by atoms with Crippen LogP contribution >= 0.6 is 0 Å². The molecule has 1 atom stereocenters. The molecule has 1 unspecified atom stereocenters. The van der Waals surface area contributed by atoms with Crippen LogP contribution in [0.5, 0.6) is 0 Å². The highest BCUT2D eigenvalue weighted by Crippen LogP contribution is 2.26. The molecule has 2 amide bonds. The average molecular weight is 334 g/mol. The van der Waals surface area contributed by atoms with Crippen molar-refractivity contribution in [2.45, 2.75) is 13.0 Å². The smallest absolute Gasteiger partial charge is 0.275 e.